The first kappa shape index (κ1) is 27.4. The molecular weight excluding hydrogens is 549 g/mol. The van der Waals surface area contributed by atoms with E-state index in [-0.39, 0.29) is 47.1 Å². The quantitative estimate of drug-likeness (QED) is 0.259. The molecule has 5 rings (SSSR count). The summed E-state index contributed by atoms with van der Waals surface area (Å²) in [6.45, 7) is 0.309. The number of nitrogens with zero attached hydrogens (tertiary/aromatic N) is 9. The third-order valence-electron chi connectivity index (χ3n) is 6.07. The minimum absolute atomic E-state index is 0.0563. The van der Waals surface area contributed by atoms with Gasteiger partial charge in [0.2, 0.25) is 11.7 Å². The van der Waals surface area contributed by atoms with Crippen molar-refractivity contribution in [1.29, 1.82) is 0 Å². The van der Waals surface area contributed by atoms with E-state index < -0.39 is 23.2 Å². The standard InChI is InChI=1S/C24H21F3N10O4/c1-35-20-19(21(39)37(23(35)40)12-15-5-7-41-34-15)36(13-31-20)6-3-2-4-18(38)33-17-11-28-10-16(32-17)14-8-29-22(30-9-14)24(25,26)27/h5,7-11,13H,2-4,6,12H2,1H3,(H,32,33,38). The lowest BCUT2D eigenvalue weighted by Gasteiger charge is -2.09. The molecule has 5 aromatic rings. The summed E-state index contributed by atoms with van der Waals surface area (Å²) in [5, 5.41) is 6.36. The van der Waals surface area contributed by atoms with Crippen LogP contribution in [-0.2, 0) is 31.1 Å². The number of alkyl halides is 3. The van der Waals surface area contributed by atoms with E-state index in [1.165, 1.54) is 36.6 Å². The Morgan fingerprint density at radius 3 is 2.56 bits per heavy atom. The molecule has 14 nitrogen and oxygen atoms in total. The lowest BCUT2D eigenvalue weighted by Crippen LogP contribution is -2.40. The molecule has 1 N–H and O–H groups in total. The summed E-state index contributed by atoms with van der Waals surface area (Å²) in [5.41, 5.74) is 0.247. The van der Waals surface area contributed by atoms with Crippen molar-refractivity contribution in [2.75, 3.05) is 5.32 Å². The van der Waals surface area contributed by atoms with Gasteiger partial charge in [-0.15, -0.1) is 0 Å². The van der Waals surface area contributed by atoms with Crippen LogP contribution in [0, 0.1) is 0 Å². The van der Waals surface area contributed by atoms with Gasteiger partial charge in [-0.1, -0.05) is 5.16 Å². The van der Waals surface area contributed by atoms with Crippen LogP contribution < -0.4 is 16.6 Å². The van der Waals surface area contributed by atoms with E-state index in [9.17, 15) is 27.6 Å². The van der Waals surface area contributed by atoms with Crippen LogP contribution in [0.5, 0.6) is 0 Å². The van der Waals surface area contributed by atoms with E-state index >= 15 is 0 Å². The summed E-state index contributed by atoms with van der Waals surface area (Å²) < 4.78 is 46.8. The molecule has 17 heteroatoms. The lowest BCUT2D eigenvalue weighted by atomic mass is 10.2. The van der Waals surface area contributed by atoms with Crippen molar-refractivity contribution in [3.05, 3.63) is 75.8 Å². The number of unbranched alkanes of at least 4 members (excludes halogenated alkanes) is 1. The van der Waals surface area contributed by atoms with Gasteiger partial charge in [0.1, 0.15) is 12.0 Å². The number of imidazole rings is 1. The molecule has 0 aliphatic carbocycles. The number of aromatic nitrogens is 9. The van der Waals surface area contributed by atoms with Gasteiger partial charge in [-0.3, -0.25) is 23.7 Å². The maximum atomic E-state index is 13.1. The highest BCUT2D eigenvalue weighted by Crippen LogP contribution is 2.26. The average molecular weight is 570 g/mol. The first-order chi connectivity index (χ1) is 19.6. The smallest absolute Gasteiger partial charge is 0.364 e. The zero-order valence-electron chi connectivity index (χ0n) is 21.4. The van der Waals surface area contributed by atoms with E-state index in [4.69, 9.17) is 4.52 Å². The summed E-state index contributed by atoms with van der Waals surface area (Å²) >= 11 is 0. The third kappa shape index (κ3) is 5.87. The van der Waals surface area contributed by atoms with Crippen LogP contribution in [0.15, 0.2) is 57.6 Å². The molecule has 0 spiro atoms. The molecule has 1 amide bonds. The van der Waals surface area contributed by atoms with Crippen LogP contribution in [-0.4, -0.2) is 49.7 Å². The van der Waals surface area contributed by atoms with Gasteiger partial charge in [0.15, 0.2) is 17.0 Å². The number of anilines is 1. The summed E-state index contributed by atoms with van der Waals surface area (Å²) in [6, 6.07) is 1.56. The van der Waals surface area contributed by atoms with Crippen LogP contribution in [0.4, 0.5) is 19.0 Å². The number of hydrogen-bond donors (Lipinski definition) is 1. The number of rotatable bonds is 9. The Morgan fingerprint density at radius 2 is 1.85 bits per heavy atom. The first-order valence-electron chi connectivity index (χ1n) is 12.2. The molecule has 0 aliphatic heterocycles. The van der Waals surface area contributed by atoms with Crippen LogP contribution in [0.2, 0.25) is 0 Å². The summed E-state index contributed by atoms with van der Waals surface area (Å²) in [5.74, 6) is -1.52. The predicted molar refractivity (Wildman–Crippen MR) is 135 cm³/mol. The highest BCUT2D eigenvalue weighted by atomic mass is 19.4. The Labute approximate surface area is 227 Å². The third-order valence-corrected chi connectivity index (χ3v) is 6.07. The molecule has 0 unspecified atom stereocenters. The fraction of sp³-hybridized carbons (Fsp3) is 0.292. The van der Waals surface area contributed by atoms with Gasteiger partial charge >= 0.3 is 11.9 Å². The second-order valence-electron chi connectivity index (χ2n) is 8.92. The highest BCUT2D eigenvalue weighted by molar-refractivity contribution is 5.89. The van der Waals surface area contributed by atoms with Crippen molar-refractivity contribution in [2.45, 2.75) is 38.5 Å². The second-order valence-corrected chi connectivity index (χ2v) is 8.92. The van der Waals surface area contributed by atoms with Crippen LogP contribution in [0.25, 0.3) is 22.4 Å². The van der Waals surface area contributed by atoms with Crippen molar-refractivity contribution in [3.63, 3.8) is 0 Å². The van der Waals surface area contributed by atoms with Gasteiger partial charge < -0.3 is 14.4 Å². The Hall–Kier alpha value is -5.22. The van der Waals surface area contributed by atoms with Gasteiger partial charge in [0, 0.05) is 44.0 Å². The zero-order valence-corrected chi connectivity index (χ0v) is 21.4. The minimum Gasteiger partial charge on any atom is -0.364 e. The predicted octanol–water partition coefficient (Wildman–Crippen LogP) is 2.01. The number of fused-ring (bicyclic) bond motifs is 1. The molecule has 0 radical (unpaired) electrons. The fourth-order valence-corrected chi connectivity index (χ4v) is 4.06. The molecule has 0 saturated heterocycles. The fourth-order valence-electron chi connectivity index (χ4n) is 4.06. The van der Waals surface area contributed by atoms with Crippen LogP contribution in [0.3, 0.4) is 0 Å². The molecule has 5 aromatic heterocycles. The van der Waals surface area contributed by atoms with E-state index in [0.29, 0.717) is 25.1 Å². The molecule has 5 heterocycles. The normalized spacial score (nSPS) is 11.7. The van der Waals surface area contributed by atoms with E-state index in [2.05, 4.69) is 35.4 Å². The van der Waals surface area contributed by atoms with Crippen molar-refractivity contribution < 1.29 is 22.5 Å². The van der Waals surface area contributed by atoms with Crippen molar-refractivity contribution in [3.8, 4) is 11.3 Å². The Balaban J connectivity index is 1.20. The van der Waals surface area contributed by atoms with Gasteiger partial charge in [0.05, 0.1) is 31.0 Å². The van der Waals surface area contributed by atoms with Crippen molar-refractivity contribution >= 4 is 22.9 Å². The highest BCUT2D eigenvalue weighted by Gasteiger charge is 2.34. The lowest BCUT2D eigenvalue weighted by molar-refractivity contribution is -0.145. The van der Waals surface area contributed by atoms with Gasteiger partial charge in [-0.05, 0) is 12.8 Å². The van der Waals surface area contributed by atoms with E-state index in [0.717, 1.165) is 17.0 Å². The molecule has 0 fully saturated rings. The number of carbonyl (C=O) groups is 1. The second kappa shape index (κ2) is 11.1. The molecule has 212 valence electrons. The summed E-state index contributed by atoms with van der Waals surface area (Å²) in [4.78, 5) is 57.3. The molecule has 0 aromatic carbocycles. The number of nitrogens with one attached hydrogen (secondary N) is 1. The molecule has 0 atom stereocenters. The summed E-state index contributed by atoms with van der Waals surface area (Å²) in [6.07, 6.45) is 3.81. The minimum atomic E-state index is -4.67. The van der Waals surface area contributed by atoms with Gasteiger partial charge in [-0.25, -0.2) is 24.7 Å². The molecule has 41 heavy (non-hydrogen) atoms. The molecule has 0 saturated carbocycles. The Kier molecular flexibility index (Phi) is 7.41. The van der Waals surface area contributed by atoms with Crippen LogP contribution >= 0.6 is 0 Å². The molecule has 0 aliphatic rings. The number of carbonyl (C=O) groups excluding carboxylic acids is 1. The molecular formula is C24H21F3N10O4. The van der Waals surface area contributed by atoms with E-state index in [1.807, 2.05) is 0 Å². The number of amides is 1. The largest absolute Gasteiger partial charge is 0.451 e. The summed E-state index contributed by atoms with van der Waals surface area (Å²) in [7, 11) is 1.52. The van der Waals surface area contributed by atoms with Crippen molar-refractivity contribution in [2.24, 2.45) is 7.05 Å². The Bertz CT molecular complexity index is 1810. The Morgan fingerprint density at radius 1 is 1.07 bits per heavy atom. The van der Waals surface area contributed by atoms with Crippen LogP contribution in [0.1, 0.15) is 30.8 Å². The SMILES string of the molecule is Cn1c(=O)n(Cc2ccon2)c(=O)c2c1ncn2CCCCC(=O)Nc1cncc(-c2cnc(C(F)(F)F)nc2)n1. The van der Waals surface area contributed by atoms with Crippen molar-refractivity contribution in [1.82, 2.24) is 43.8 Å². The van der Waals surface area contributed by atoms with Gasteiger partial charge in [0.25, 0.3) is 5.56 Å². The molecule has 0 bridgehead atoms. The monoisotopic (exact) mass is 570 g/mol. The first-order valence-corrected chi connectivity index (χ1v) is 12.2. The topological polar surface area (TPSA) is 169 Å². The zero-order chi connectivity index (χ0) is 29.1. The maximum absolute atomic E-state index is 13.1. The average Bonchev–Trinajstić information content (AvgIpc) is 3.62. The van der Waals surface area contributed by atoms with Gasteiger partial charge in [-0.2, -0.15) is 13.2 Å². The number of halogens is 3. The number of aryl methyl sites for hydroxylation is 2. The number of hydrogen-bond acceptors (Lipinski definition) is 10. The van der Waals surface area contributed by atoms with E-state index in [1.54, 1.807) is 10.6 Å². The maximum Gasteiger partial charge on any atom is 0.451 e.